The number of hydrogen-bond donors (Lipinski definition) is 1. The number of benzene rings is 3. The molecule has 8 nitrogen and oxygen atoms in total. The highest BCUT2D eigenvalue weighted by molar-refractivity contribution is 9.10. The molecule has 3 aromatic carbocycles. The van der Waals surface area contributed by atoms with Crippen LogP contribution in [0, 0.1) is 10.1 Å². The number of nitro groups is 1. The molecular formula is C26H19BrN4O4. The van der Waals surface area contributed by atoms with E-state index in [1.54, 1.807) is 12.1 Å². The monoisotopic (exact) mass is 530 g/mol. The van der Waals surface area contributed by atoms with Gasteiger partial charge in [0.05, 0.1) is 22.2 Å². The number of H-pyrrole nitrogens is 1. The van der Waals surface area contributed by atoms with Gasteiger partial charge in [0.2, 0.25) is 5.91 Å². The molecule has 1 aromatic heterocycles. The van der Waals surface area contributed by atoms with Crippen LogP contribution in [-0.4, -0.2) is 26.5 Å². The number of halogens is 1. The van der Waals surface area contributed by atoms with Crippen LogP contribution in [0.4, 0.5) is 5.69 Å². The number of carbonyl (C=O) groups excluding carboxylic acids is 1. The summed E-state index contributed by atoms with van der Waals surface area (Å²) in [5.74, 6) is -0.287. The Bertz CT molecular complexity index is 1560. The van der Waals surface area contributed by atoms with E-state index in [4.69, 9.17) is 0 Å². The molecule has 1 aliphatic rings. The molecule has 1 atom stereocenters. The van der Waals surface area contributed by atoms with Gasteiger partial charge >= 0.3 is 0 Å². The fourth-order valence-corrected chi connectivity index (χ4v) is 4.84. The quantitative estimate of drug-likeness (QED) is 0.275. The number of aromatic amines is 1. The minimum Gasteiger partial charge on any atom is -0.321 e. The zero-order chi connectivity index (χ0) is 24.7. The first-order valence-corrected chi connectivity index (χ1v) is 11.7. The van der Waals surface area contributed by atoms with Crippen molar-refractivity contribution in [2.75, 3.05) is 0 Å². The molecule has 5 rings (SSSR count). The molecule has 0 fully saturated rings. The van der Waals surface area contributed by atoms with E-state index in [-0.39, 0.29) is 17.2 Å². The molecule has 4 aromatic rings. The second-order valence-corrected chi connectivity index (χ2v) is 9.15. The van der Waals surface area contributed by atoms with E-state index in [2.05, 4.69) is 26.0 Å². The number of nitrogens with zero attached hydrogens (tertiary/aromatic N) is 3. The summed E-state index contributed by atoms with van der Waals surface area (Å²) in [4.78, 5) is 39.5. The van der Waals surface area contributed by atoms with Gasteiger partial charge < -0.3 is 4.98 Å². The van der Waals surface area contributed by atoms with E-state index in [9.17, 15) is 19.7 Å². The lowest BCUT2D eigenvalue weighted by molar-refractivity contribution is -0.384. The van der Waals surface area contributed by atoms with Crippen LogP contribution in [0.15, 0.2) is 87.2 Å². The third-order valence-corrected chi connectivity index (χ3v) is 6.54. The lowest BCUT2D eigenvalue weighted by Crippen LogP contribution is -2.24. The zero-order valence-corrected chi connectivity index (χ0v) is 20.2. The molecule has 1 amide bonds. The van der Waals surface area contributed by atoms with Gasteiger partial charge in [-0.25, -0.2) is 5.01 Å². The van der Waals surface area contributed by atoms with Crippen molar-refractivity contribution in [3.05, 3.63) is 109 Å². The number of hydrogen-bond acceptors (Lipinski definition) is 5. The summed E-state index contributed by atoms with van der Waals surface area (Å²) in [6, 6.07) is 20.8. The summed E-state index contributed by atoms with van der Waals surface area (Å²) in [5, 5.41) is 17.8. The minimum absolute atomic E-state index is 0.0369. The van der Waals surface area contributed by atoms with Gasteiger partial charge in [-0.3, -0.25) is 19.7 Å². The number of aromatic nitrogens is 1. The van der Waals surface area contributed by atoms with Gasteiger partial charge in [0.15, 0.2) is 0 Å². The largest absolute Gasteiger partial charge is 0.321 e. The SMILES string of the molecule is CC(=O)N1N=C(c2c(-c3ccccc3)c3cc(Br)ccc3[nH]c2=O)C[C@@H]1c1ccc([N+](=O)[O-])cc1. The first-order valence-electron chi connectivity index (χ1n) is 10.9. The molecule has 0 unspecified atom stereocenters. The maximum absolute atomic E-state index is 13.4. The van der Waals surface area contributed by atoms with E-state index >= 15 is 0 Å². The molecule has 0 saturated carbocycles. The predicted octanol–water partition coefficient (Wildman–Crippen LogP) is 5.56. The number of non-ortho nitro benzene ring substituents is 1. The van der Waals surface area contributed by atoms with Crippen molar-refractivity contribution in [1.29, 1.82) is 0 Å². The molecule has 0 aliphatic carbocycles. The maximum Gasteiger partial charge on any atom is 0.269 e. The van der Waals surface area contributed by atoms with E-state index in [0.29, 0.717) is 28.8 Å². The second kappa shape index (κ2) is 8.92. The number of pyridine rings is 1. The lowest BCUT2D eigenvalue weighted by Gasteiger charge is -2.20. The average molecular weight is 531 g/mol. The van der Waals surface area contributed by atoms with Crippen molar-refractivity contribution in [2.45, 2.75) is 19.4 Å². The van der Waals surface area contributed by atoms with Gasteiger partial charge in [0.25, 0.3) is 11.2 Å². The van der Waals surface area contributed by atoms with E-state index in [1.165, 1.54) is 24.1 Å². The van der Waals surface area contributed by atoms with Gasteiger partial charge in [0.1, 0.15) is 0 Å². The van der Waals surface area contributed by atoms with Crippen molar-refractivity contribution in [3.8, 4) is 11.1 Å². The Labute approximate surface area is 208 Å². The summed E-state index contributed by atoms with van der Waals surface area (Å²) in [6.45, 7) is 1.41. The Morgan fingerprint density at radius 1 is 1.09 bits per heavy atom. The van der Waals surface area contributed by atoms with Gasteiger partial charge in [-0.05, 0) is 29.3 Å². The van der Waals surface area contributed by atoms with Crippen LogP contribution in [0.5, 0.6) is 0 Å². The number of hydrazone groups is 1. The van der Waals surface area contributed by atoms with E-state index < -0.39 is 11.0 Å². The highest BCUT2D eigenvalue weighted by Crippen LogP contribution is 2.37. The number of rotatable bonds is 4. The van der Waals surface area contributed by atoms with Crippen LogP contribution in [0.1, 0.15) is 30.5 Å². The molecule has 9 heteroatoms. The average Bonchev–Trinajstić information content (AvgIpc) is 3.29. The Kier molecular flexibility index (Phi) is 5.78. The van der Waals surface area contributed by atoms with Gasteiger partial charge in [-0.1, -0.05) is 58.4 Å². The number of carbonyl (C=O) groups is 1. The Hall–Kier alpha value is -4.11. The number of nitro benzene ring substituents is 1. The van der Waals surface area contributed by atoms with Gasteiger partial charge in [-0.2, -0.15) is 5.10 Å². The van der Waals surface area contributed by atoms with E-state index in [0.717, 1.165) is 21.0 Å². The lowest BCUT2D eigenvalue weighted by atomic mass is 9.91. The normalized spacial score (nSPS) is 15.3. The highest BCUT2D eigenvalue weighted by atomic mass is 79.9. The second-order valence-electron chi connectivity index (χ2n) is 8.24. The van der Waals surface area contributed by atoms with Crippen molar-refractivity contribution in [3.63, 3.8) is 0 Å². The van der Waals surface area contributed by atoms with Crippen molar-refractivity contribution in [2.24, 2.45) is 5.10 Å². The van der Waals surface area contributed by atoms with Crippen molar-refractivity contribution in [1.82, 2.24) is 9.99 Å². The molecule has 1 aliphatic heterocycles. The summed E-state index contributed by atoms with van der Waals surface area (Å²) in [6.07, 6.45) is 0.291. The Balaban J connectivity index is 1.69. The van der Waals surface area contributed by atoms with Crippen LogP contribution in [-0.2, 0) is 4.79 Å². The van der Waals surface area contributed by atoms with Crippen molar-refractivity contribution >= 4 is 44.1 Å². The van der Waals surface area contributed by atoms with Gasteiger partial charge in [0, 0.05) is 46.4 Å². The molecule has 0 radical (unpaired) electrons. The van der Waals surface area contributed by atoms with Gasteiger partial charge in [-0.15, -0.1) is 0 Å². The summed E-state index contributed by atoms with van der Waals surface area (Å²) in [7, 11) is 0. The molecule has 174 valence electrons. The fourth-order valence-electron chi connectivity index (χ4n) is 4.47. The Morgan fingerprint density at radius 3 is 2.46 bits per heavy atom. The van der Waals surface area contributed by atoms with Crippen LogP contribution in [0.3, 0.4) is 0 Å². The Morgan fingerprint density at radius 2 is 1.80 bits per heavy atom. The highest BCUT2D eigenvalue weighted by Gasteiger charge is 2.34. The zero-order valence-electron chi connectivity index (χ0n) is 18.6. The molecular weight excluding hydrogens is 512 g/mol. The molecule has 1 N–H and O–H groups in total. The van der Waals surface area contributed by atoms with E-state index in [1.807, 2.05) is 48.5 Å². The molecule has 0 spiro atoms. The first kappa shape index (κ1) is 22.7. The standard InChI is InChI=1S/C26H19BrN4O4/c1-15(32)30-23(16-7-10-19(11-8-16)31(34)35)14-22(29-30)25-24(17-5-3-2-4-6-17)20-13-18(27)9-12-21(20)28-26(25)33/h2-13,23H,14H2,1H3,(H,28,33)/t23-/m1/s1. The van der Waals surface area contributed by atoms with Crippen LogP contribution >= 0.6 is 15.9 Å². The number of nitrogens with one attached hydrogen (secondary N) is 1. The maximum atomic E-state index is 13.4. The number of fused-ring (bicyclic) bond motifs is 1. The number of amides is 1. The predicted molar refractivity (Wildman–Crippen MR) is 137 cm³/mol. The third-order valence-electron chi connectivity index (χ3n) is 6.05. The molecule has 0 saturated heterocycles. The summed E-state index contributed by atoms with van der Waals surface area (Å²) in [5.41, 5.74) is 3.52. The topological polar surface area (TPSA) is 109 Å². The third kappa shape index (κ3) is 4.15. The first-order chi connectivity index (χ1) is 16.8. The van der Waals surface area contributed by atoms with Crippen LogP contribution in [0.25, 0.3) is 22.0 Å². The molecule has 0 bridgehead atoms. The smallest absolute Gasteiger partial charge is 0.269 e. The molecule has 2 heterocycles. The fraction of sp³-hybridized carbons (Fsp3) is 0.115. The summed E-state index contributed by atoms with van der Waals surface area (Å²) < 4.78 is 0.864. The van der Waals surface area contributed by atoms with Crippen molar-refractivity contribution < 1.29 is 9.72 Å². The van der Waals surface area contributed by atoms with Crippen LogP contribution in [0.2, 0.25) is 0 Å². The molecule has 35 heavy (non-hydrogen) atoms. The van der Waals surface area contributed by atoms with Crippen LogP contribution < -0.4 is 5.56 Å². The minimum atomic E-state index is -0.482. The summed E-state index contributed by atoms with van der Waals surface area (Å²) >= 11 is 3.53.